The maximum Gasteiger partial charge on any atom is 0.233 e. The van der Waals surface area contributed by atoms with Crippen molar-refractivity contribution in [1.29, 1.82) is 0 Å². The molecular weight excluding hydrogens is 412 g/mol. The summed E-state index contributed by atoms with van der Waals surface area (Å²) in [7, 11) is 0. The molecule has 4 aromatic rings. The molecule has 0 amide bonds. The number of rotatable bonds is 7. The fourth-order valence-corrected chi connectivity index (χ4v) is 4.31. The molecule has 0 radical (unpaired) electrons. The van der Waals surface area contributed by atoms with E-state index in [4.69, 9.17) is 4.74 Å². The quantitative estimate of drug-likeness (QED) is 0.464. The van der Waals surface area contributed by atoms with Gasteiger partial charge in [-0.05, 0) is 54.3 Å². The van der Waals surface area contributed by atoms with E-state index in [-0.39, 0.29) is 0 Å². The molecule has 1 aliphatic rings. The maximum atomic E-state index is 10.8. The van der Waals surface area contributed by atoms with Gasteiger partial charge in [-0.25, -0.2) is 9.97 Å². The number of aliphatic hydroxyl groups excluding tert-OH is 1. The van der Waals surface area contributed by atoms with Crippen molar-refractivity contribution in [2.45, 2.75) is 32.0 Å². The predicted molar refractivity (Wildman–Crippen MR) is 127 cm³/mol. The Kier molecular flexibility index (Phi) is 6.46. The van der Waals surface area contributed by atoms with E-state index in [1.54, 1.807) is 12.4 Å². The Balaban J connectivity index is 1.29. The minimum absolute atomic E-state index is 0.500. The number of aliphatic hydroxyl groups is 1. The number of nitrogens with zero attached hydrogens (tertiary/aromatic N) is 4. The third-order valence-electron chi connectivity index (χ3n) is 6.06. The van der Waals surface area contributed by atoms with Crippen molar-refractivity contribution >= 4 is 0 Å². The van der Waals surface area contributed by atoms with E-state index in [1.807, 2.05) is 53.2 Å². The lowest BCUT2D eigenvalue weighted by Gasteiger charge is -2.20. The van der Waals surface area contributed by atoms with E-state index in [1.165, 1.54) is 5.56 Å². The standard InChI is InChI=1S/C27H28N4O2/c32-25(11-9-21-6-2-1-3-7-21)22-10-12-26-23(18-22)19-30(16-17-33-26)20-24-8-4-15-31(24)27-28-13-5-14-29-27/h1-8,10,12-15,18,25,32H,9,11,16-17,19-20H2. The Morgan fingerprint density at radius 2 is 1.82 bits per heavy atom. The summed E-state index contributed by atoms with van der Waals surface area (Å²) in [5, 5.41) is 10.8. The van der Waals surface area contributed by atoms with Crippen molar-refractivity contribution in [3.05, 3.63) is 108 Å². The number of aromatic nitrogens is 3. The first kappa shape index (κ1) is 21.4. The molecule has 2 aromatic heterocycles. The number of hydrogen-bond donors (Lipinski definition) is 1. The van der Waals surface area contributed by atoms with Gasteiger partial charge < -0.3 is 9.84 Å². The van der Waals surface area contributed by atoms with Gasteiger partial charge in [0.25, 0.3) is 0 Å². The molecule has 0 saturated heterocycles. The molecule has 0 saturated carbocycles. The van der Waals surface area contributed by atoms with Crippen molar-refractivity contribution in [3.8, 4) is 11.7 Å². The van der Waals surface area contributed by atoms with Crippen molar-refractivity contribution in [2.75, 3.05) is 13.2 Å². The molecule has 1 unspecified atom stereocenters. The van der Waals surface area contributed by atoms with Crippen LogP contribution in [0.4, 0.5) is 0 Å². The second-order valence-corrected chi connectivity index (χ2v) is 8.38. The molecule has 33 heavy (non-hydrogen) atoms. The van der Waals surface area contributed by atoms with Crippen LogP contribution in [0.2, 0.25) is 0 Å². The van der Waals surface area contributed by atoms with Gasteiger partial charge in [0.05, 0.1) is 6.10 Å². The number of hydrogen-bond acceptors (Lipinski definition) is 5. The monoisotopic (exact) mass is 440 g/mol. The molecule has 1 N–H and O–H groups in total. The normalized spacial score (nSPS) is 14.8. The summed E-state index contributed by atoms with van der Waals surface area (Å²) in [4.78, 5) is 11.1. The zero-order valence-corrected chi connectivity index (χ0v) is 18.5. The van der Waals surface area contributed by atoms with Crippen LogP contribution in [0.25, 0.3) is 5.95 Å². The summed E-state index contributed by atoms with van der Waals surface area (Å²) in [6, 6.07) is 22.3. The van der Waals surface area contributed by atoms with Gasteiger partial charge in [0.2, 0.25) is 5.95 Å². The Bertz CT molecular complexity index is 1180. The topological polar surface area (TPSA) is 63.4 Å². The van der Waals surface area contributed by atoms with Crippen LogP contribution in [0.1, 0.15) is 34.9 Å². The molecule has 5 rings (SSSR count). The highest BCUT2D eigenvalue weighted by molar-refractivity contribution is 5.39. The van der Waals surface area contributed by atoms with Crippen molar-refractivity contribution in [1.82, 2.24) is 19.4 Å². The fraction of sp³-hybridized carbons (Fsp3) is 0.259. The van der Waals surface area contributed by atoms with Crippen LogP contribution in [-0.2, 0) is 19.5 Å². The summed E-state index contributed by atoms with van der Waals surface area (Å²) in [6.45, 7) is 2.97. The van der Waals surface area contributed by atoms with Crippen LogP contribution in [0.3, 0.4) is 0 Å². The van der Waals surface area contributed by atoms with Gasteiger partial charge >= 0.3 is 0 Å². The summed E-state index contributed by atoms with van der Waals surface area (Å²) in [5.74, 6) is 1.58. The van der Waals surface area contributed by atoms with Crippen molar-refractivity contribution < 1.29 is 9.84 Å². The van der Waals surface area contributed by atoms with E-state index in [9.17, 15) is 5.11 Å². The molecule has 1 aliphatic heterocycles. The van der Waals surface area contributed by atoms with Crippen LogP contribution in [-0.4, -0.2) is 37.7 Å². The molecule has 6 heteroatoms. The van der Waals surface area contributed by atoms with Crippen LogP contribution >= 0.6 is 0 Å². The molecule has 0 aliphatic carbocycles. The van der Waals surface area contributed by atoms with E-state index >= 15 is 0 Å². The first-order valence-electron chi connectivity index (χ1n) is 11.4. The summed E-state index contributed by atoms with van der Waals surface area (Å²) in [5.41, 5.74) is 4.42. The smallest absolute Gasteiger partial charge is 0.233 e. The van der Waals surface area contributed by atoms with E-state index in [0.29, 0.717) is 19.0 Å². The molecule has 1 atom stereocenters. The lowest BCUT2D eigenvalue weighted by atomic mass is 9.99. The van der Waals surface area contributed by atoms with E-state index < -0.39 is 6.10 Å². The Labute approximate surface area is 194 Å². The Morgan fingerprint density at radius 1 is 0.970 bits per heavy atom. The second-order valence-electron chi connectivity index (χ2n) is 8.38. The van der Waals surface area contributed by atoms with Crippen LogP contribution < -0.4 is 4.74 Å². The van der Waals surface area contributed by atoms with Gasteiger partial charge in [-0.3, -0.25) is 9.47 Å². The van der Waals surface area contributed by atoms with Gasteiger partial charge in [-0.15, -0.1) is 0 Å². The summed E-state index contributed by atoms with van der Waals surface area (Å²) >= 11 is 0. The SMILES string of the molecule is OC(CCc1ccccc1)c1ccc2c(c1)CN(Cc1cccn1-c1ncccn1)CCO2. The fourth-order valence-electron chi connectivity index (χ4n) is 4.31. The molecular formula is C27H28N4O2. The number of ether oxygens (including phenoxy) is 1. The Hall–Kier alpha value is -3.48. The number of benzene rings is 2. The third kappa shape index (κ3) is 5.13. The highest BCUT2D eigenvalue weighted by atomic mass is 16.5. The first-order chi connectivity index (χ1) is 16.3. The molecule has 168 valence electrons. The molecule has 3 heterocycles. The number of fused-ring (bicyclic) bond motifs is 1. The second kappa shape index (κ2) is 9.98. The lowest BCUT2D eigenvalue weighted by Crippen LogP contribution is -2.26. The molecule has 0 fully saturated rings. The molecule has 6 nitrogen and oxygen atoms in total. The largest absolute Gasteiger partial charge is 0.492 e. The van der Waals surface area contributed by atoms with Gasteiger partial charge in [0.15, 0.2) is 0 Å². The first-order valence-corrected chi connectivity index (χ1v) is 11.4. The average Bonchev–Trinajstić information content (AvgIpc) is 3.22. The minimum Gasteiger partial charge on any atom is -0.492 e. The van der Waals surface area contributed by atoms with Gasteiger partial charge in [-0.2, -0.15) is 0 Å². The van der Waals surface area contributed by atoms with Crippen LogP contribution in [0.15, 0.2) is 85.3 Å². The van der Waals surface area contributed by atoms with Crippen molar-refractivity contribution in [3.63, 3.8) is 0 Å². The maximum absolute atomic E-state index is 10.8. The van der Waals surface area contributed by atoms with Crippen LogP contribution in [0.5, 0.6) is 5.75 Å². The zero-order chi connectivity index (χ0) is 22.5. The minimum atomic E-state index is -0.500. The Morgan fingerprint density at radius 3 is 2.67 bits per heavy atom. The lowest BCUT2D eigenvalue weighted by molar-refractivity contribution is 0.167. The molecule has 2 aromatic carbocycles. The molecule has 0 bridgehead atoms. The summed E-state index contributed by atoms with van der Waals surface area (Å²) < 4.78 is 8.05. The molecule has 0 spiro atoms. The highest BCUT2D eigenvalue weighted by Crippen LogP contribution is 2.29. The van der Waals surface area contributed by atoms with Crippen molar-refractivity contribution in [2.24, 2.45) is 0 Å². The van der Waals surface area contributed by atoms with Crippen LogP contribution in [0, 0.1) is 0 Å². The van der Waals surface area contributed by atoms with Gasteiger partial charge in [-0.1, -0.05) is 36.4 Å². The third-order valence-corrected chi connectivity index (χ3v) is 6.06. The number of aryl methyl sites for hydroxylation is 1. The van der Waals surface area contributed by atoms with E-state index in [0.717, 1.165) is 48.6 Å². The van der Waals surface area contributed by atoms with Gasteiger partial charge in [0.1, 0.15) is 12.4 Å². The zero-order valence-electron chi connectivity index (χ0n) is 18.5. The highest BCUT2D eigenvalue weighted by Gasteiger charge is 2.19. The van der Waals surface area contributed by atoms with E-state index in [2.05, 4.69) is 39.1 Å². The average molecular weight is 441 g/mol. The predicted octanol–water partition coefficient (Wildman–Crippen LogP) is 4.33. The summed E-state index contributed by atoms with van der Waals surface area (Å²) in [6.07, 6.45) is 6.55. The van der Waals surface area contributed by atoms with Gasteiger partial charge in [0, 0.05) is 49.5 Å².